The number of nitrogens with zero attached hydrogens (tertiary/aromatic N) is 3. The highest BCUT2D eigenvalue weighted by atomic mass is 32.2. The Kier molecular flexibility index (Phi) is 3.81. The molecule has 0 spiro atoms. The monoisotopic (exact) mass is 299 g/mol. The van der Waals surface area contributed by atoms with E-state index in [1.54, 1.807) is 17.8 Å². The number of hydrogen-bond donors (Lipinski definition) is 0. The lowest BCUT2D eigenvalue weighted by molar-refractivity contribution is 0.426. The van der Waals surface area contributed by atoms with E-state index < -0.39 is 0 Å². The van der Waals surface area contributed by atoms with E-state index in [0.717, 1.165) is 4.88 Å². The van der Waals surface area contributed by atoms with Crippen LogP contribution in [-0.4, -0.2) is 10.1 Å². The van der Waals surface area contributed by atoms with Gasteiger partial charge in [0.25, 0.3) is 5.89 Å². The smallest absolute Gasteiger partial charge is 0.268 e. The first-order valence-corrected chi connectivity index (χ1v) is 7.66. The van der Waals surface area contributed by atoms with Gasteiger partial charge in [0, 0.05) is 4.90 Å². The first kappa shape index (κ1) is 12.9. The van der Waals surface area contributed by atoms with Crippen LogP contribution in [0.15, 0.2) is 51.9 Å². The molecule has 0 amide bonds. The molecular weight excluding hydrogens is 290 g/mol. The van der Waals surface area contributed by atoms with Crippen LogP contribution in [0, 0.1) is 11.3 Å². The Labute approximate surface area is 124 Å². The number of nitriles is 1. The minimum Gasteiger partial charge on any atom is -0.333 e. The number of aromatic nitrogens is 2. The summed E-state index contributed by atoms with van der Waals surface area (Å²) in [4.78, 5) is 6.98. The molecule has 0 N–H and O–H groups in total. The molecule has 0 bridgehead atoms. The topological polar surface area (TPSA) is 62.7 Å². The Balaban J connectivity index is 1.69. The number of rotatable bonds is 4. The van der Waals surface area contributed by atoms with Crippen molar-refractivity contribution >= 4 is 23.1 Å². The summed E-state index contributed by atoms with van der Waals surface area (Å²) >= 11 is 3.01. The van der Waals surface area contributed by atoms with Gasteiger partial charge in [0.15, 0.2) is 5.82 Å². The number of thioether (sulfide) groups is 1. The van der Waals surface area contributed by atoms with Gasteiger partial charge in [-0.15, -0.1) is 23.1 Å². The molecule has 0 aliphatic rings. The Morgan fingerprint density at radius 1 is 1.20 bits per heavy atom. The van der Waals surface area contributed by atoms with Crippen LogP contribution in [0.4, 0.5) is 0 Å². The summed E-state index contributed by atoms with van der Waals surface area (Å²) in [5, 5.41) is 12.8. The molecule has 3 aromatic rings. The summed E-state index contributed by atoms with van der Waals surface area (Å²) in [6, 6.07) is 15.7. The number of hydrogen-bond acceptors (Lipinski definition) is 6. The van der Waals surface area contributed by atoms with Gasteiger partial charge >= 0.3 is 0 Å². The maximum Gasteiger partial charge on any atom is 0.268 e. The SMILES string of the molecule is N#Cc1ccc(-c2nc(CSc3ccccc3)no2)s1. The van der Waals surface area contributed by atoms with Crippen LogP contribution < -0.4 is 0 Å². The number of benzene rings is 1. The van der Waals surface area contributed by atoms with Crippen molar-refractivity contribution in [1.29, 1.82) is 5.26 Å². The maximum absolute atomic E-state index is 8.80. The first-order valence-electron chi connectivity index (χ1n) is 5.86. The first-order chi connectivity index (χ1) is 9.85. The normalized spacial score (nSPS) is 10.3. The van der Waals surface area contributed by atoms with Crippen molar-refractivity contribution in [3.63, 3.8) is 0 Å². The van der Waals surface area contributed by atoms with Crippen molar-refractivity contribution in [3.05, 3.63) is 53.2 Å². The Hall–Kier alpha value is -2.10. The van der Waals surface area contributed by atoms with Crippen LogP contribution in [0.25, 0.3) is 10.8 Å². The zero-order valence-corrected chi connectivity index (χ0v) is 11.9. The molecule has 0 saturated heterocycles. The highest BCUT2D eigenvalue weighted by Crippen LogP contribution is 2.27. The molecule has 6 heteroatoms. The fraction of sp³-hybridized carbons (Fsp3) is 0.0714. The van der Waals surface area contributed by atoms with Crippen LogP contribution in [0.2, 0.25) is 0 Å². The molecular formula is C14H9N3OS2. The van der Waals surface area contributed by atoms with Crippen molar-refractivity contribution in [1.82, 2.24) is 10.1 Å². The third-order valence-electron chi connectivity index (χ3n) is 2.51. The molecule has 0 fully saturated rings. The molecule has 0 saturated carbocycles. The summed E-state index contributed by atoms with van der Waals surface area (Å²) in [7, 11) is 0. The zero-order valence-electron chi connectivity index (χ0n) is 10.3. The summed E-state index contributed by atoms with van der Waals surface area (Å²) in [6.07, 6.45) is 0. The molecule has 0 aliphatic carbocycles. The standard InChI is InChI=1S/C14H9N3OS2/c15-8-11-6-7-12(20-11)14-16-13(17-18-14)9-19-10-4-2-1-3-5-10/h1-7H,9H2. The predicted octanol–water partition coefficient (Wildman–Crippen LogP) is 3.96. The van der Waals surface area contributed by atoms with E-state index in [9.17, 15) is 0 Å². The van der Waals surface area contributed by atoms with E-state index in [0.29, 0.717) is 22.3 Å². The Morgan fingerprint density at radius 2 is 2.05 bits per heavy atom. The second-order valence-electron chi connectivity index (χ2n) is 3.89. The molecule has 0 aliphatic heterocycles. The van der Waals surface area contributed by atoms with Crippen LogP contribution in [0.3, 0.4) is 0 Å². The summed E-state index contributed by atoms with van der Waals surface area (Å²) in [5.74, 6) is 1.78. The molecule has 2 heterocycles. The van der Waals surface area contributed by atoms with Crippen LogP contribution >= 0.6 is 23.1 Å². The van der Waals surface area contributed by atoms with Gasteiger partial charge in [-0.3, -0.25) is 0 Å². The second kappa shape index (κ2) is 5.90. The van der Waals surface area contributed by atoms with Gasteiger partial charge in [0.05, 0.1) is 10.6 Å². The highest BCUT2D eigenvalue weighted by molar-refractivity contribution is 7.98. The molecule has 0 unspecified atom stereocenters. The van der Waals surface area contributed by atoms with Crippen LogP contribution in [0.1, 0.15) is 10.7 Å². The van der Waals surface area contributed by atoms with Crippen molar-refractivity contribution in [2.24, 2.45) is 0 Å². The molecule has 1 aromatic carbocycles. The van der Waals surface area contributed by atoms with Crippen molar-refractivity contribution in [2.75, 3.05) is 0 Å². The van der Waals surface area contributed by atoms with Crippen molar-refractivity contribution in [3.8, 4) is 16.8 Å². The average Bonchev–Trinajstić information content (AvgIpc) is 3.15. The molecule has 0 atom stereocenters. The van der Waals surface area contributed by atoms with E-state index in [1.165, 1.54) is 16.2 Å². The van der Waals surface area contributed by atoms with Crippen LogP contribution in [0.5, 0.6) is 0 Å². The van der Waals surface area contributed by atoms with E-state index in [1.807, 2.05) is 36.4 Å². The van der Waals surface area contributed by atoms with Gasteiger partial charge in [-0.25, -0.2) is 0 Å². The minimum atomic E-state index is 0.472. The van der Waals surface area contributed by atoms with Gasteiger partial charge in [0.1, 0.15) is 10.9 Å². The van der Waals surface area contributed by atoms with Gasteiger partial charge in [-0.05, 0) is 24.3 Å². The third-order valence-corrected chi connectivity index (χ3v) is 4.49. The lowest BCUT2D eigenvalue weighted by atomic mass is 10.4. The third kappa shape index (κ3) is 2.90. The van der Waals surface area contributed by atoms with Crippen molar-refractivity contribution in [2.45, 2.75) is 10.6 Å². The quantitative estimate of drug-likeness (QED) is 0.682. The molecule has 0 radical (unpaired) electrons. The van der Waals surface area contributed by atoms with Gasteiger partial charge in [-0.1, -0.05) is 23.4 Å². The largest absolute Gasteiger partial charge is 0.333 e. The average molecular weight is 299 g/mol. The van der Waals surface area contributed by atoms with E-state index in [2.05, 4.69) is 16.2 Å². The van der Waals surface area contributed by atoms with Gasteiger partial charge in [0.2, 0.25) is 0 Å². The second-order valence-corrected chi connectivity index (χ2v) is 6.03. The molecule has 4 nitrogen and oxygen atoms in total. The van der Waals surface area contributed by atoms with E-state index >= 15 is 0 Å². The number of thiophene rings is 1. The molecule has 3 rings (SSSR count). The van der Waals surface area contributed by atoms with E-state index in [4.69, 9.17) is 9.78 Å². The van der Waals surface area contributed by atoms with Crippen molar-refractivity contribution < 1.29 is 4.52 Å². The van der Waals surface area contributed by atoms with E-state index in [-0.39, 0.29) is 0 Å². The molecule has 98 valence electrons. The lowest BCUT2D eigenvalue weighted by Gasteiger charge is -1.96. The zero-order chi connectivity index (χ0) is 13.8. The Bertz CT molecular complexity index is 743. The predicted molar refractivity (Wildman–Crippen MR) is 78.3 cm³/mol. The maximum atomic E-state index is 8.80. The minimum absolute atomic E-state index is 0.472. The summed E-state index contributed by atoms with van der Waals surface area (Å²) in [6.45, 7) is 0. The lowest BCUT2D eigenvalue weighted by Crippen LogP contribution is -1.83. The van der Waals surface area contributed by atoms with Gasteiger partial charge in [-0.2, -0.15) is 10.2 Å². The Morgan fingerprint density at radius 3 is 2.80 bits per heavy atom. The fourth-order valence-electron chi connectivity index (χ4n) is 1.59. The summed E-state index contributed by atoms with van der Waals surface area (Å²) < 4.78 is 5.22. The summed E-state index contributed by atoms with van der Waals surface area (Å²) in [5.41, 5.74) is 0. The highest BCUT2D eigenvalue weighted by Gasteiger charge is 2.11. The van der Waals surface area contributed by atoms with Crippen LogP contribution in [-0.2, 0) is 5.75 Å². The molecule has 20 heavy (non-hydrogen) atoms. The fourth-order valence-corrected chi connectivity index (χ4v) is 3.08. The molecule has 2 aromatic heterocycles. The van der Waals surface area contributed by atoms with Gasteiger partial charge < -0.3 is 4.52 Å².